The Kier molecular flexibility index (Phi) is 6.82. The maximum absolute atomic E-state index is 12.7. The lowest BCUT2D eigenvalue weighted by molar-refractivity contribution is 0.0129. The van der Waals surface area contributed by atoms with Gasteiger partial charge in [0.2, 0.25) is 5.28 Å². The van der Waals surface area contributed by atoms with E-state index in [9.17, 15) is 4.79 Å². The van der Waals surface area contributed by atoms with Crippen LogP contribution in [0.1, 0.15) is 51.4 Å². The van der Waals surface area contributed by atoms with Crippen molar-refractivity contribution in [2.45, 2.75) is 71.8 Å². The predicted octanol–water partition coefficient (Wildman–Crippen LogP) is 4.52. The first-order valence-corrected chi connectivity index (χ1v) is 12.1. The minimum atomic E-state index is -0.515. The molecule has 2 atom stereocenters. The third-order valence-corrected chi connectivity index (χ3v) is 6.39. The fourth-order valence-electron chi connectivity index (χ4n) is 4.63. The Bertz CT molecular complexity index is 994. The fraction of sp³-hybridized carbons (Fsp3) is 0.560. The molecule has 33 heavy (non-hydrogen) atoms. The van der Waals surface area contributed by atoms with Gasteiger partial charge in [-0.15, -0.1) is 0 Å². The van der Waals surface area contributed by atoms with Gasteiger partial charge in [0, 0.05) is 56.8 Å². The number of halogens is 1. The number of fused-ring (bicyclic) bond motifs is 1. The van der Waals surface area contributed by atoms with Crippen LogP contribution in [-0.4, -0.2) is 63.2 Å². The Balaban J connectivity index is 1.55. The summed E-state index contributed by atoms with van der Waals surface area (Å²) in [6.07, 6.45) is 0.581. The molecule has 2 aliphatic rings. The summed E-state index contributed by atoms with van der Waals surface area (Å²) in [5, 5.41) is 0.287. The number of rotatable bonds is 3. The molecule has 1 aromatic heterocycles. The quantitative estimate of drug-likeness (QED) is 0.613. The minimum Gasteiger partial charge on any atom is -0.444 e. The molecule has 1 amide bonds. The molecule has 0 N–H and O–H groups in total. The van der Waals surface area contributed by atoms with E-state index in [1.807, 2.05) is 31.7 Å². The van der Waals surface area contributed by atoms with E-state index in [0.29, 0.717) is 13.1 Å². The molecule has 0 saturated carbocycles. The molecule has 0 spiro atoms. The Hall–Kier alpha value is -2.38. The first-order valence-electron chi connectivity index (χ1n) is 11.7. The second-order valence-electron chi connectivity index (χ2n) is 10.2. The van der Waals surface area contributed by atoms with E-state index in [-0.39, 0.29) is 23.5 Å². The minimum absolute atomic E-state index is 0.00977. The number of carbonyl (C=O) groups is 1. The van der Waals surface area contributed by atoms with Crippen molar-refractivity contribution in [1.82, 2.24) is 19.8 Å². The number of nitrogens with zero attached hydrogens (tertiary/aromatic N) is 5. The number of ether oxygens (including phenoxy) is 1. The van der Waals surface area contributed by atoms with Gasteiger partial charge in [0.05, 0.1) is 5.69 Å². The van der Waals surface area contributed by atoms with Crippen LogP contribution in [0.25, 0.3) is 0 Å². The van der Waals surface area contributed by atoms with Crippen LogP contribution in [0.4, 0.5) is 10.6 Å². The van der Waals surface area contributed by atoms with Crippen LogP contribution in [0.3, 0.4) is 0 Å². The molecule has 7 nitrogen and oxygen atoms in total. The summed E-state index contributed by atoms with van der Waals surface area (Å²) in [6.45, 7) is 13.7. The molecule has 0 aliphatic carbocycles. The smallest absolute Gasteiger partial charge is 0.410 e. The second-order valence-corrected chi connectivity index (χ2v) is 10.5. The second kappa shape index (κ2) is 9.47. The molecule has 3 heterocycles. The summed E-state index contributed by atoms with van der Waals surface area (Å²) in [7, 11) is 0. The molecule has 178 valence electrons. The molecule has 8 heteroatoms. The van der Waals surface area contributed by atoms with Crippen molar-refractivity contribution in [3.8, 4) is 0 Å². The average molecular weight is 472 g/mol. The molecule has 4 rings (SSSR count). The Morgan fingerprint density at radius 2 is 1.85 bits per heavy atom. The van der Waals surface area contributed by atoms with Gasteiger partial charge in [-0.2, -0.15) is 0 Å². The summed E-state index contributed by atoms with van der Waals surface area (Å²) in [6, 6.07) is 10.6. The highest BCUT2D eigenvalue weighted by Crippen LogP contribution is 2.32. The van der Waals surface area contributed by atoms with Gasteiger partial charge in [-0.3, -0.25) is 4.90 Å². The van der Waals surface area contributed by atoms with Crippen LogP contribution in [0.5, 0.6) is 0 Å². The van der Waals surface area contributed by atoms with Crippen molar-refractivity contribution >= 4 is 23.5 Å². The van der Waals surface area contributed by atoms with Crippen molar-refractivity contribution in [2.75, 3.05) is 24.5 Å². The molecular formula is C25H34ClN5O2. The predicted molar refractivity (Wildman–Crippen MR) is 131 cm³/mol. The van der Waals surface area contributed by atoms with E-state index in [0.717, 1.165) is 43.1 Å². The number of benzene rings is 1. The number of anilines is 1. The summed E-state index contributed by atoms with van der Waals surface area (Å²) in [5.74, 6) is 0.894. The molecule has 1 fully saturated rings. The normalized spacial score (nSPS) is 21.6. The molecular weight excluding hydrogens is 438 g/mol. The van der Waals surface area contributed by atoms with Crippen LogP contribution in [0.2, 0.25) is 5.28 Å². The Morgan fingerprint density at radius 3 is 2.55 bits per heavy atom. The van der Waals surface area contributed by atoms with Crippen LogP contribution < -0.4 is 4.90 Å². The lowest BCUT2D eigenvalue weighted by atomic mass is 10.0. The van der Waals surface area contributed by atoms with E-state index in [4.69, 9.17) is 16.3 Å². The zero-order valence-corrected chi connectivity index (χ0v) is 21.0. The molecule has 0 radical (unpaired) electrons. The van der Waals surface area contributed by atoms with Gasteiger partial charge in [0.15, 0.2) is 0 Å². The molecule has 0 bridgehead atoms. The number of amides is 1. The zero-order valence-electron chi connectivity index (χ0n) is 20.2. The zero-order chi connectivity index (χ0) is 23.8. The van der Waals surface area contributed by atoms with Gasteiger partial charge in [0.25, 0.3) is 0 Å². The highest BCUT2D eigenvalue weighted by atomic mass is 35.5. The molecule has 2 aromatic rings. The fourth-order valence-corrected chi connectivity index (χ4v) is 4.82. The number of hydrogen-bond acceptors (Lipinski definition) is 6. The van der Waals surface area contributed by atoms with Crippen molar-refractivity contribution in [3.05, 3.63) is 52.4 Å². The van der Waals surface area contributed by atoms with Crippen LogP contribution in [-0.2, 0) is 24.2 Å². The van der Waals surface area contributed by atoms with Crippen LogP contribution >= 0.6 is 11.6 Å². The number of carbonyl (C=O) groups excluding carboxylic acids is 1. The van der Waals surface area contributed by atoms with Gasteiger partial charge < -0.3 is 14.5 Å². The third kappa shape index (κ3) is 5.58. The van der Waals surface area contributed by atoms with Crippen molar-refractivity contribution in [1.29, 1.82) is 0 Å². The van der Waals surface area contributed by atoms with Crippen LogP contribution in [0.15, 0.2) is 30.3 Å². The monoisotopic (exact) mass is 471 g/mol. The van der Waals surface area contributed by atoms with Gasteiger partial charge in [-0.05, 0) is 51.8 Å². The van der Waals surface area contributed by atoms with E-state index >= 15 is 0 Å². The van der Waals surface area contributed by atoms with Gasteiger partial charge in [0.1, 0.15) is 11.4 Å². The topological polar surface area (TPSA) is 61.8 Å². The summed E-state index contributed by atoms with van der Waals surface area (Å²) in [4.78, 5) is 28.5. The number of piperazine rings is 1. The Labute approximate surface area is 201 Å². The number of hydrogen-bond donors (Lipinski definition) is 0. The highest BCUT2D eigenvalue weighted by molar-refractivity contribution is 6.28. The first-order chi connectivity index (χ1) is 15.6. The van der Waals surface area contributed by atoms with Crippen LogP contribution in [0, 0.1) is 0 Å². The molecule has 0 unspecified atom stereocenters. The lowest BCUT2D eigenvalue weighted by Gasteiger charge is -2.45. The van der Waals surface area contributed by atoms with Crippen molar-refractivity contribution in [3.63, 3.8) is 0 Å². The van der Waals surface area contributed by atoms with E-state index < -0.39 is 5.60 Å². The van der Waals surface area contributed by atoms with E-state index in [1.165, 1.54) is 5.56 Å². The summed E-state index contributed by atoms with van der Waals surface area (Å²) >= 11 is 6.36. The van der Waals surface area contributed by atoms with E-state index in [2.05, 4.69) is 57.9 Å². The van der Waals surface area contributed by atoms with Crippen molar-refractivity contribution < 1.29 is 9.53 Å². The Morgan fingerprint density at radius 1 is 1.12 bits per heavy atom. The highest BCUT2D eigenvalue weighted by Gasteiger charge is 2.37. The first kappa shape index (κ1) is 23.8. The van der Waals surface area contributed by atoms with Gasteiger partial charge in [-0.1, -0.05) is 30.3 Å². The van der Waals surface area contributed by atoms with E-state index in [1.54, 1.807) is 0 Å². The summed E-state index contributed by atoms with van der Waals surface area (Å²) < 4.78 is 5.63. The molecule has 2 aliphatic heterocycles. The van der Waals surface area contributed by atoms with Gasteiger partial charge >= 0.3 is 6.09 Å². The summed E-state index contributed by atoms with van der Waals surface area (Å²) in [5.41, 5.74) is 2.96. The largest absolute Gasteiger partial charge is 0.444 e. The molecule has 1 saturated heterocycles. The SMILES string of the molecule is C[C@@H]1CN(c2nc(Cl)nc3c2CN(Cc2ccccc2)CC3)[C@@H](C)CN1C(=O)OC(C)(C)C. The average Bonchev–Trinajstić information content (AvgIpc) is 2.74. The maximum Gasteiger partial charge on any atom is 0.410 e. The lowest BCUT2D eigenvalue weighted by Crippen LogP contribution is -2.59. The maximum atomic E-state index is 12.7. The van der Waals surface area contributed by atoms with Gasteiger partial charge in [-0.25, -0.2) is 14.8 Å². The molecule has 1 aromatic carbocycles. The third-order valence-electron chi connectivity index (χ3n) is 6.23. The number of aromatic nitrogens is 2. The van der Waals surface area contributed by atoms with Crippen molar-refractivity contribution in [2.24, 2.45) is 0 Å². The standard InChI is InChI=1S/C25H34ClN5O2/c1-17-14-31(24(32)33-25(3,4)5)18(2)13-30(17)22-20-16-29(15-19-9-7-6-8-10-19)12-11-21(20)27-23(26)28-22/h6-10,17-18H,11-16H2,1-5H3/t17-,18+/m0/s1.